The minimum absolute atomic E-state index is 0.00648. The van der Waals surface area contributed by atoms with Crippen molar-refractivity contribution in [3.05, 3.63) is 53.6 Å². The molecule has 1 amide bonds. The molecule has 222 valence electrons. The zero-order valence-electron chi connectivity index (χ0n) is 24.1. The van der Waals surface area contributed by atoms with Crippen LogP contribution in [-0.4, -0.2) is 112 Å². The van der Waals surface area contributed by atoms with Crippen LogP contribution < -0.4 is 9.47 Å². The van der Waals surface area contributed by atoms with E-state index in [1.807, 2.05) is 31.2 Å². The van der Waals surface area contributed by atoms with E-state index in [0.717, 1.165) is 11.3 Å². The first-order valence-electron chi connectivity index (χ1n) is 13.8. The predicted octanol–water partition coefficient (Wildman–Crippen LogP) is 1.65. The van der Waals surface area contributed by atoms with Crippen molar-refractivity contribution >= 4 is 15.9 Å². The van der Waals surface area contributed by atoms with Gasteiger partial charge in [-0.1, -0.05) is 18.8 Å². The minimum atomic E-state index is -3.98. The van der Waals surface area contributed by atoms with Crippen molar-refractivity contribution in [2.75, 3.05) is 66.7 Å². The fraction of sp³-hybridized carbons (Fsp3) is 0.500. The summed E-state index contributed by atoms with van der Waals surface area (Å²) in [5.74, 6) is 6.76. The molecule has 2 heterocycles. The zero-order valence-corrected chi connectivity index (χ0v) is 24.9. The lowest BCUT2D eigenvalue weighted by Crippen LogP contribution is -2.51. The fourth-order valence-electron chi connectivity index (χ4n) is 4.78. The van der Waals surface area contributed by atoms with Crippen LogP contribution in [-0.2, 0) is 19.6 Å². The number of ether oxygens (including phenoxy) is 3. The molecule has 2 aromatic carbocycles. The van der Waals surface area contributed by atoms with Gasteiger partial charge in [-0.05, 0) is 49.4 Å². The molecule has 1 N–H and O–H groups in total. The van der Waals surface area contributed by atoms with Crippen molar-refractivity contribution in [1.82, 2.24) is 14.1 Å². The zero-order chi connectivity index (χ0) is 29.6. The summed E-state index contributed by atoms with van der Waals surface area (Å²) < 4.78 is 45.8. The van der Waals surface area contributed by atoms with Crippen molar-refractivity contribution in [2.45, 2.75) is 30.9 Å². The first kappa shape index (κ1) is 30.8. The number of carbonyl (C=O) groups is 1. The van der Waals surface area contributed by atoms with Gasteiger partial charge < -0.3 is 24.2 Å². The number of fused-ring (bicyclic) bond motifs is 1. The van der Waals surface area contributed by atoms with Gasteiger partial charge in [-0.3, -0.25) is 9.69 Å². The molecule has 4 rings (SSSR count). The summed E-state index contributed by atoms with van der Waals surface area (Å²) in [6, 6.07) is 11.5. The third kappa shape index (κ3) is 7.58. The molecule has 2 aromatic rings. The molecule has 10 nitrogen and oxygen atoms in total. The van der Waals surface area contributed by atoms with Gasteiger partial charge in [-0.2, -0.15) is 4.31 Å². The lowest BCUT2D eigenvalue weighted by molar-refractivity contribution is -0.133. The summed E-state index contributed by atoms with van der Waals surface area (Å²) in [5, 5.41) is 9.88. The Labute approximate surface area is 242 Å². The van der Waals surface area contributed by atoms with Crippen molar-refractivity contribution in [2.24, 2.45) is 5.92 Å². The Kier molecular flexibility index (Phi) is 10.3. The smallest absolute Gasteiger partial charge is 0.247 e. The van der Waals surface area contributed by atoms with Crippen LogP contribution in [0.15, 0.2) is 47.4 Å². The quantitative estimate of drug-likeness (QED) is 0.489. The van der Waals surface area contributed by atoms with Crippen LogP contribution in [0.5, 0.6) is 11.5 Å². The monoisotopic (exact) mass is 585 g/mol. The largest absolute Gasteiger partial charge is 0.497 e. The van der Waals surface area contributed by atoms with E-state index in [1.165, 1.54) is 10.4 Å². The predicted molar refractivity (Wildman–Crippen MR) is 154 cm³/mol. The summed E-state index contributed by atoms with van der Waals surface area (Å²) in [7, 11) is -0.644. The van der Waals surface area contributed by atoms with Gasteiger partial charge >= 0.3 is 0 Å². The highest BCUT2D eigenvalue weighted by Crippen LogP contribution is 2.34. The van der Waals surface area contributed by atoms with Crippen LogP contribution in [0.3, 0.4) is 0 Å². The van der Waals surface area contributed by atoms with E-state index in [2.05, 4.69) is 16.7 Å². The van der Waals surface area contributed by atoms with Gasteiger partial charge in [-0.15, -0.1) is 0 Å². The average Bonchev–Trinajstić information content (AvgIpc) is 2.98. The molecular formula is C30H39N3O7S. The SMILES string of the molecule is COc1ccc(C#Cc2ccc3c(c2)O[C@@H](CN(C)C(=O)CN2CCOCC2)[C@H](C)CN([C@@H](C)CO)S3(=O)=O)cc1. The minimum Gasteiger partial charge on any atom is -0.497 e. The maximum atomic E-state index is 13.7. The number of methoxy groups -OCH3 is 1. The second-order valence-corrected chi connectivity index (χ2v) is 12.4. The molecule has 1 fully saturated rings. The van der Waals surface area contributed by atoms with Gasteiger partial charge in [0.15, 0.2) is 0 Å². The summed E-state index contributed by atoms with van der Waals surface area (Å²) in [6.07, 6.45) is -0.499. The number of likely N-dealkylation sites (N-methyl/N-ethyl adjacent to an activating group) is 1. The molecule has 0 radical (unpaired) electrons. The van der Waals surface area contributed by atoms with Crippen molar-refractivity contribution in [3.63, 3.8) is 0 Å². The number of amides is 1. The number of aliphatic hydroxyl groups is 1. The molecule has 2 aliphatic heterocycles. The summed E-state index contributed by atoms with van der Waals surface area (Å²) in [4.78, 5) is 16.8. The van der Waals surface area contributed by atoms with E-state index in [1.54, 1.807) is 38.1 Å². The van der Waals surface area contributed by atoms with E-state index in [0.29, 0.717) is 31.9 Å². The number of aliphatic hydroxyl groups excluding tert-OH is 1. The van der Waals surface area contributed by atoms with Crippen molar-refractivity contribution in [1.29, 1.82) is 0 Å². The Hall–Kier alpha value is -3.14. The second-order valence-electron chi connectivity index (χ2n) is 10.5. The summed E-state index contributed by atoms with van der Waals surface area (Å²) >= 11 is 0. The molecular weight excluding hydrogens is 546 g/mol. The highest BCUT2D eigenvalue weighted by atomic mass is 32.2. The van der Waals surface area contributed by atoms with Crippen LogP contribution in [0.1, 0.15) is 25.0 Å². The Morgan fingerprint density at radius 1 is 1.15 bits per heavy atom. The van der Waals surface area contributed by atoms with Crippen LogP contribution >= 0.6 is 0 Å². The number of rotatable bonds is 7. The number of nitrogens with zero attached hydrogens (tertiary/aromatic N) is 3. The molecule has 11 heteroatoms. The fourth-order valence-corrected chi connectivity index (χ4v) is 6.61. The second kappa shape index (κ2) is 13.7. The lowest BCUT2D eigenvalue weighted by Gasteiger charge is -2.38. The third-order valence-electron chi connectivity index (χ3n) is 7.45. The van der Waals surface area contributed by atoms with Gasteiger partial charge in [0.25, 0.3) is 0 Å². The molecule has 3 atom stereocenters. The van der Waals surface area contributed by atoms with Gasteiger partial charge in [0.1, 0.15) is 22.5 Å². The van der Waals surface area contributed by atoms with E-state index >= 15 is 0 Å². The van der Waals surface area contributed by atoms with E-state index in [9.17, 15) is 18.3 Å². The Morgan fingerprint density at radius 2 is 1.80 bits per heavy atom. The molecule has 0 saturated carbocycles. The van der Waals surface area contributed by atoms with E-state index in [4.69, 9.17) is 14.2 Å². The molecule has 0 aromatic heterocycles. The van der Waals surface area contributed by atoms with Crippen LogP contribution in [0.25, 0.3) is 0 Å². The maximum absolute atomic E-state index is 13.7. The number of sulfonamides is 1. The number of morpholine rings is 1. The van der Waals surface area contributed by atoms with Crippen molar-refractivity contribution < 1.29 is 32.5 Å². The first-order valence-corrected chi connectivity index (χ1v) is 15.2. The molecule has 2 aliphatic rings. The van der Waals surface area contributed by atoms with Crippen LogP contribution in [0.4, 0.5) is 0 Å². The van der Waals surface area contributed by atoms with Crippen LogP contribution in [0.2, 0.25) is 0 Å². The number of hydrogen-bond donors (Lipinski definition) is 1. The Bertz CT molecular complexity index is 1360. The van der Waals surface area contributed by atoms with Gasteiger partial charge in [0.2, 0.25) is 15.9 Å². The number of benzene rings is 2. The molecule has 0 bridgehead atoms. The molecule has 41 heavy (non-hydrogen) atoms. The normalized spacial score (nSPS) is 21.7. The number of carbonyl (C=O) groups excluding carboxylic acids is 1. The summed E-state index contributed by atoms with van der Waals surface area (Å²) in [5.41, 5.74) is 1.36. The molecule has 0 spiro atoms. The van der Waals surface area contributed by atoms with E-state index < -0.39 is 22.2 Å². The van der Waals surface area contributed by atoms with Gasteiger partial charge in [0.05, 0.1) is 40.0 Å². The first-order chi connectivity index (χ1) is 19.6. The van der Waals surface area contributed by atoms with Gasteiger partial charge in [-0.25, -0.2) is 8.42 Å². The lowest BCUT2D eigenvalue weighted by atomic mass is 10.0. The molecule has 1 saturated heterocycles. The highest BCUT2D eigenvalue weighted by Gasteiger charge is 2.38. The molecule has 0 unspecified atom stereocenters. The average molecular weight is 586 g/mol. The Balaban J connectivity index is 1.63. The standard InChI is InChI=1S/C30H39N3O7S/c1-22-18-33(23(2)21-34)41(36,37)29-12-9-25(6-5-24-7-10-26(38-4)11-8-24)17-27(29)40-28(22)19-31(3)30(35)20-32-13-15-39-16-14-32/h7-12,17,22-23,28,34H,13-16,18-21H2,1-4H3/t22-,23+,28+/m1/s1. The third-order valence-corrected chi connectivity index (χ3v) is 9.47. The maximum Gasteiger partial charge on any atom is 0.247 e. The summed E-state index contributed by atoms with van der Waals surface area (Å²) in [6.45, 7) is 6.56. The number of hydrogen-bond acceptors (Lipinski definition) is 8. The van der Waals surface area contributed by atoms with Crippen LogP contribution in [0, 0.1) is 17.8 Å². The topological polar surface area (TPSA) is 109 Å². The highest BCUT2D eigenvalue weighted by molar-refractivity contribution is 7.89. The van der Waals surface area contributed by atoms with E-state index in [-0.39, 0.29) is 48.7 Å². The van der Waals surface area contributed by atoms with Gasteiger partial charge in [0, 0.05) is 49.8 Å². The van der Waals surface area contributed by atoms with Crippen molar-refractivity contribution in [3.8, 4) is 23.3 Å². The molecule has 0 aliphatic carbocycles. The Morgan fingerprint density at radius 3 is 2.46 bits per heavy atom.